The fourth-order valence-corrected chi connectivity index (χ4v) is 1.82. The Hall–Kier alpha value is -1.36. The normalized spacial score (nSPS) is 10.6. The summed E-state index contributed by atoms with van der Waals surface area (Å²) in [5, 5.41) is 3.77. The third-order valence-electron chi connectivity index (χ3n) is 2.19. The molecule has 0 spiro atoms. The van der Waals surface area contributed by atoms with E-state index in [2.05, 4.69) is 26.2 Å². The fourth-order valence-electron chi connectivity index (χ4n) is 1.48. The van der Waals surface area contributed by atoms with Crippen molar-refractivity contribution in [3.8, 4) is 0 Å². The van der Waals surface area contributed by atoms with Crippen molar-refractivity contribution in [1.29, 1.82) is 0 Å². The van der Waals surface area contributed by atoms with Crippen LogP contribution in [0.3, 0.4) is 0 Å². The first-order valence-corrected chi connectivity index (χ1v) is 5.13. The number of fused-ring (bicyclic) bond motifs is 1. The Bertz CT molecular complexity index is 528. The van der Waals surface area contributed by atoms with Gasteiger partial charge in [-0.1, -0.05) is 0 Å². The lowest BCUT2D eigenvalue weighted by Gasteiger charge is -2.09. The van der Waals surface area contributed by atoms with Gasteiger partial charge in [0.15, 0.2) is 0 Å². The van der Waals surface area contributed by atoms with Gasteiger partial charge in [0.05, 0.1) is 27.6 Å². The van der Waals surface area contributed by atoms with Crippen LogP contribution in [-0.2, 0) is 0 Å². The summed E-state index contributed by atoms with van der Waals surface area (Å²) in [6.07, 6.45) is 1.52. The topological polar surface area (TPSA) is 50.9 Å². The molecule has 0 saturated heterocycles. The molecule has 1 aromatic heterocycles. The highest BCUT2D eigenvalue weighted by atomic mass is 79.9. The van der Waals surface area contributed by atoms with E-state index in [0.717, 1.165) is 11.1 Å². The summed E-state index contributed by atoms with van der Waals surface area (Å²) in [5.74, 6) is -0.332. The molecule has 0 saturated carbocycles. The van der Waals surface area contributed by atoms with Gasteiger partial charge in [0.2, 0.25) is 0 Å². The van der Waals surface area contributed by atoms with Crippen molar-refractivity contribution in [1.82, 2.24) is 4.98 Å². The predicted molar refractivity (Wildman–Crippen MR) is 63.4 cm³/mol. The zero-order valence-corrected chi connectivity index (χ0v) is 9.60. The van der Waals surface area contributed by atoms with E-state index in [4.69, 9.17) is 5.73 Å². The fraction of sp³-hybridized carbons (Fsp3) is 0.100. The lowest BCUT2D eigenvalue weighted by molar-refractivity contribution is 0.623. The van der Waals surface area contributed by atoms with Crippen molar-refractivity contribution in [3.05, 3.63) is 28.6 Å². The minimum atomic E-state index is -0.332. The van der Waals surface area contributed by atoms with Crippen LogP contribution in [0.5, 0.6) is 0 Å². The number of aromatic nitrogens is 1. The number of pyridine rings is 1. The molecule has 0 radical (unpaired) electrons. The molecular formula is C10H9BrFN3. The van der Waals surface area contributed by atoms with Gasteiger partial charge in [0.25, 0.3) is 0 Å². The van der Waals surface area contributed by atoms with Crippen molar-refractivity contribution in [3.63, 3.8) is 0 Å². The Balaban J connectivity index is 2.86. The van der Waals surface area contributed by atoms with Crippen LogP contribution < -0.4 is 11.1 Å². The van der Waals surface area contributed by atoms with Crippen molar-refractivity contribution in [2.75, 3.05) is 18.1 Å². The van der Waals surface area contributed by atoms with Crippen molar-refractivity contribution >= 4 is 38.2 Å². The summed E-state index contributed by atoms with van der Waals surface area (Å²) in [4.78, 5) is 4.07. The van der Waals surface area contributed by atoms with E-state index in [-0.39, 0.29) is 5.82 Å². The number of nitrogen functional groups attached to an aromatic ring is 1. The second-order valence-corrected chi connectivity index (χ2v) is 3.98. The second kappa shape index (κ2) is 3.66. The lowest BCUT2D eigenvalue weighted by Crippen LogP contribution is -1.98. The van der Waals surface area contributed by atoms with Crippen LogP contribution in [0.25, 0.3) is 10.9 Å². The highest BCUT2D eigenvalue weighted by Gasteiger charge is 2.08. The Labute approximate surface area is 94.6 Å². The summed E-state index contributed by atoms with van der Waals surface area (Å²) < 4.78 is 13.6. The molecule has 0 aliphatic carbocycles. The van der Waals surface area contributed by atoms with Crippen LogP contribution in [-0.4, -0.2) is 12.0 Å². The van der Waals surface area contributed by atoms with Crippen LogP contribution in [0, 0.1) is 5.82 Å². The summed E-state index contributed by atoms with van der Waals surface area (Å²) in [6.45, 7) is 0. The number of hydrogen-bond donors (Lipinski definition) is 2. The first kappa shape index (κ1) is 10.2. The highest BCUT2D eigenvalue weighted by molar-refractivity contribution is 9.10. The third-order valence-corrected chi connectivity index (χ3v) is 2.80. The average Bonchev–Trinajstić information content (AvgIpc) is 2.21. The van der Waals surface area contributed by atoms with E-state index in [1.807, 2.05) is 0 Å². The monoisotopic (exact) mass is 269 g/mol. The standard InChI is InChI=1S/C10H9BrFN3/c1-14-10-5-2-6(11)7(12)3-9(5)15-4-8(10)13/h2-4H,13H2,1H3,(H,14,15). The van der Waals surface area contributed by atoms with Gasteiger partial charge in [-0.3, -0.25) is 4.98 Å². The molecule has 0 unspecified atom stereocenters. The van der Waals surface area contributed by atoms with Gasteiger partial charge in [-0.2, -0.15) is 0 Å². The van der Waals surface area contributed by atoms with Crippen LogP contribution >= 0.6 is 15.9 Å². The van der Waals surface area contributed by atoms with Gasteiger partial charge in [-0.25, -0.2) is 4.39 Å². The molecule has 3 N–H and O–H groups in total. The summed E-state index contributed by atoms with van der Waals surface area (Å²) in [7, 11) is 1.77. The molecule has 1 heterocycles. The third kappa shape index (κ3) is 1.63. The molecule has 0 atom stereocenters. The van der Waals surface area contributed by atoms with E-state index in [1.54, 1.807) is 13.1 Å². The number of nitrogens with one attached hydrogen (secondary N) is 1. The molecular weight excluding hydrogens is 261 g/mol. The molecule has 2 aromatic rings. The highest BCUT2D eigenvalue weighted by Crippen LogP contribution is 2.30. The van der Waals surface area contributed by atoms with Gasteiger partial charge >= 0.3 is 0 Å². The summed E-state index contributed by atoms with van der Waals surface area (Å²) in [5.41, 5.74) is 7.64. The number of halogens is 2. The van der Waals surface area contributed by atoms with E-state index in [1.165, 1.54) is 12.3 Å². The molecule has 0 aliphatic rings. The van der Waals surface area contributed by atoms with Gasteiger partial charge in [-0.15, -0.1) is 0 Å². The van der Waals surface area contributed by atoms with Crippen molar-refractivity contribution in [2.24, 2.45) is 0 Å². The Morgan fingerprint density at radius 3 is 2.87 bits per heavy atom. The maximum absolute atomic E-state index is 13.2. The SMILES string of the molecule is CNc1c(N)cnc2cc(F)c(Br)cc12. The van der Waals surface area contributed by atoms with Crippen molar-refractivity contribution < 1.29 is 4.39 Å². The van der Waals surface area contributed by atoms with E-state index in [0.29, 0.717) is 15.7 Å². The first-order valence-electron chi connectivity index (χ1n) is 4.34. The zero-order valence-electron chi connectivity index (χ0n) is 8.01. The van der Waals surface area contributed by atoms with E-state index >= 15 is 0 Å². The quantitative estimate of drug-likeness (QED) is 0.837. The summed E-state index contributed by atoms with van der Waals surface area (Å²) in [6, 6.07) is 3.04. The molecule has 5 heteroatoms. The van der Waals surface area contributed by atoms with Crippen LogP contribution in [0.2, 0.25) is 0 Å². The van der Waals surface area contributed by atoms with Crippen LogP contribution in [0.4, 0.5) is 15.8 Å². The first-order chi connectivity index (χ1) is 7.13. The maximum Gasteiger partial charge on any atom is 0.139 e. The molecule has 0 amide bonds. The van der Waals surface area contributed by atoms with Gasteiger partial charge < -0.3 is 11.1 Å². The molecule has 1 aromatic carbocycles. The van der Waals surface area contributed by atoms with Gasteiger partial charge in [-0.05, 0) is 22.0 Å². The zero-order chi connectivity index (χ0) is 11.0. The predicted octanol–water partition coefficient (Wildman–Crippen LogP) is 2.76. The van der Waals surface area contributed by atoms with Gasteiger partial charge in [0, 0.05) is 18.5 Å². The number of benzene rings is 1. The lowest BCUT2D eigenvalue weighted by atomic mass is 10.1. The van der Waals surface area contributed by atoms with E-state index < -0.39 is 0 Å². The molecule has 78 valence electrons. The number of anilines is 2. The summed E-state index contributed by atoms with van der Waals surface area (Å²) >= 11 is 3.13. The van der Waals surface area contributed by atoms with E-state index in [9.17, 15) is 4.39 Å². The molecule has 3 nitrogen and oxygen atoms in total. The van der Waals surface area contributed by atoms with Crippen LogP contribution in [0.15, 0.2) is 22.8 Å². The molecule has 0 fully saturated rings. The number of nitrogens with two attached hydrogens (primary N) is 1. The Kier molecular flexibility index (Phi) is 2.48. The number of hydrogen-bond acceptors (Lipinski definition) is 3. The Morgan fingerprint density at radius 1 is 1.47 bits per heavy atom. The maximum atomic E-state index is 13.2. The number of rotatable bonds is 1. The molecule has 2 rings (SSSR count). The molecule has 0 aliphatic heterocycles. The molecule has 15 heavy (non-hydrogen) atoms. The largest absolute Gasteiger partial charge is 0.396 e. The minimum Gasteiger partial charge on any atom is -0.396 e. The number of nitrogens with zero attached hydrogens (tertiary/aromatic N) is 1. The van der Waals surface area contributed by atoms with Crippen LogP contribution in [0.1, 0.15) is 0 Å². The minimum absolute atomic E-state index is 0.332. The van der Waals surface area contributed by atoms with Crippen molar-refractivity contribution in [2.45, 2.75) is 0 Å². The second-order valence-electron chi connectivity index (χ2n) is 3.12. The van der Waals surface area contributed by atoms with Gasteiger partial charge in [0.1, 0.15) is 5.82 Å². The average molecular weight is 270 g/mol. The smallest absolute Gasteiger partial charge is 0.139 e. The molecule has 0 bridgehead atoms. The Morgan fingerprint density at radius 2 is 2.20 bits per heavy atom.